The average Bonchev–Trinajstić information content (AvgIpc) is 2.78. The predicted octanol–water partition coefficient (Wildman–Crippen LogP) is 3.75. The lowest BCUT2D eigenvalue weighted by Crippen LogP contribution is -2.42. The molecule has 0 aliphatic heterocycles. The second-order valence-corrected chi connectivity index (χ2v) is 10.0. The predicted molar refractivity (Wildman–Crippen MR) is 91.7 cm³/mol. The summed E-state index contributed by atoms with van der Waals surface area (Å²) in [6.45, 7) is 3.18. The maximum absolute atomic E-state index is 12.3. The number of hydrogen-bond acceptors (Lipinski definition) is 4. The first kappa shape index (κ1) is 17.7. The molecule has 1 aromatic rings. The minimum absolute atomic E-state index is 0.0225. The van der Waals surface area contributed by atoms with Gasteiger partial charge in [0.2, 0.25) is 10.0 Å². The summed E-state index contributed by atoms with van der Waals surface area (Å²) in [6, 6.07) is 2.04. The van der Waals surface area contributed by atoms with E-state index in [9.17, 15) is 8.42 Å². The molecule has 1 aromatic heterocycles. The Kier molecular flexibility index (Phi) is 6.52. The fraction of sp³-hybridized carbons (Fsp3) is 0.692. The summed E-state index contributed by atoms with van der Waals surface area (Å²) >= 11 is 10.3. The van der Waals surface area contributed by atoms with Crippen molar-refractivity contribution >= 4 is 48.9 Å². The summed E-state index contributed by atoms with van der Waals surface area (Å²) in [5.41, 5.74) is 0. The lowest BCUT2D eigenvalue weighted by Gasteiger charge is -2.29. The monoisotopic (exact) mass is 414 g/mol. The van der Waals surface area contributed by atoms with Crippen LogP contribution in [-0.4, -0.2) is 27.0 Å². The van der Waals surface area contributed by atoms with E-state index >= 15 is 0 Å². The van der Waals surface area contributed by atoms with Crippen LogP contribution in [0.25, 0.3) is 0 Å². The minimum Gasteiger partial charge on any atom is -0.314 e. The van der Waals surface area contributed by atoms with Crippen molar-refractivity contribution in [3.63, 3.8) is 0 Å². The molecule has 120 valence electrons. The third-order valence-corrected chi connectivity index (χ3v) is 8.09. The Labute approximate surface area is 143 Å². The maximum Gasteiger partial charge on any atom is 0.250 e. The summed E-state index contributed by atoms with van der Waals surface area (Å²) in [4.78, 5) is 0. The van der Waals surface area contributed by atoms with Crippen molar-refractivity contribution in [1.29, 1.82) is 0 Å². The van der Waals surface area contributed by atoms with Crippen LogP contribution in [0.1, 0.15) is 39.0 Å². The molecule has 0 amide bonds. The Balaban J connectivity index is 1.90. The van der Waals surface area contributed by atoms with Gasteiger partial charge in [-0.05, 0) is 60.6 Å². The molecule has 1 aliphatic carbocycles. The normalized spacial score (nSPS) is 23.4. The van der Waals surface area contributed by atoms with Gasteiger partial charge in [-0.15, -0.1) is 11.3 Å². The number of hydrogen-bond donors (Lipinski definition) is 2. The smallest absolute Gasteiger partial charge is 0.250 e. The zero-order valence-corrected chi connectivity index (χ0v) is 15.8. The fourth-order valence-corrected chi connectivity index (χ4v) is 6.22. The van der Waals surface area contributed by atoms with Crippen molar-refractivity contribution < 1.29 is 8.42 Å². The van der Waals surface area contributed by atoms with Crippen molar-refractivity contribution in [2.24, 2.45) is 0 Å². The molecule has 0 saturated heterocycles. The Morgan fingerprint density at radius 2 is 1.95 bits per heavy atom. The molecule has 0 aromatic carbocycles. The molecular formula is C13H20BrClN2O2S2. The number of sulfonamides is 1. The van der Waals surface area contributed by atoms with Crippen molar-refractivity contribution in [3.05, 3.63) is 14.9 Å². The Morgan fingerprint density at radius 3 is 2.48 bits per heavy atom. The van der Waals surface area contributed by atoms with E-state index < -0.39 is 10.0 Å². The first-order valence-corrected chi connectivity index (χ1v) is 10.6. The van der Waals surface area contributed by atoms with Gasteiger partial charge in [0, 0.05) is 12.1 Å². The molecule has 0 unspecified atom stereocenters. The molecule has 1 saturated carbocycles. The molecule has 1 aliphatic rings. The summed E-state index contributed by atoms with van der Waals surface area (Å²) < 4.78 is 28.4. The second-order valence-electron chi connectivity index (χ2n) is 5.31. The van der Waals surface area contributed by atoms with E-state index in [-0.39, 0.29) is 10.3 Å². The molecule has 4 nitrogen and oxygen atoms in total. The molecule has 2 N–H and O–H groups in total. The molecule has 0 spiro atoms. The van der Waals surface area contributed by atoms with Crippen LogP contribution in [0.3, 0.4) is 0 Å². The van der Waals surface area contributed by atoms with Crippen LogP contribution in [0.5, 0.6) is 0 Å². The summed E-state index contributed by atoms with van der Waals surface area (Å²) in [6.07, 6.45) is 4.91. The number of halogens is 2. The summed E-state index contributed by atoms with van der Waals surface area (Å²) in [7, 11) is -3.46. The van der Waals surface area contributed by atoms with Crippen molar-refractivity contribution in [2.45, 2.75) is 55.3 Å². The molecular weight excluding hydrogens is 396 g/mol. The van der Waals surface area contributed by atoms with Gasteiger partial charge in [0.25, 0.3) is 0 Å². The van der Waals surface area contributed by atoms with E-state index in [1.54, 1.807) is 0 Å². The van der Waals surface area contributed by atoms with Gasteiger partial charge in [0.05, 0.1) is 8.81 Å². The molecule has 1 fully saturated rings. The molecule has 2 rings (SSSR count). The van der Waals surface area contributed by atoms with Crippen molar-refractivity contribution in [2.75, 3.05) is 6.54 Å². The Hall–Kier alpha value is 0.340. The topological polar surface area (TPSA) is 58.2 Å². The van der Waals surface area contributed by atoms with Gasteiger partial charge in [-0.3, -0.25) is 0 Å². The number of thiophene rings is 1. The van der Waals surface area contributed by atoms with Gasteiger partial charge < -0.3 is 5.32 Å². The van der Waals surface area contributed by atoms with Crippen LogP contribution in [0, 0.1) is 0 Å². The third-order valence-electron chi connectivity index (χ3n) is 3.62. The van der Waals surface area contributed by atoms with E-state index in [2.05, 4.69) is 32.9 Å². The van der Waals surface area contributed by atoms with E-state index in [0.29, 0.717) is 14.9 Å². The second kappa shape index (κ2) is 7.75. The maximum atomic E-state index is 12.3. The summed E-state index contributed by atoms with van der Waals surface area (Å²) in [5, 5.41) is 3.94. The number of nitrogens with one attached hydrogen (secondary N) is 2. The first-order chi connectivity index (χ1) is 9.92. The van der Waals surface area contributed by atoms with Crippen LogP contribution in [0.15, 0.2) is 14.1 Å². The largest absolute Gasteiger partial charge is 0.314 e. The quantitative estimate of drug-likeness (QED) is 0.744. The van der Waals surface area contributed by atoms with Crippen LogP contribution >= 0.6 is 38.9 Å². The van der Waals surface area contributed by atoms with E-state index in [1.165, 1.54) is 6.07 Å². The van der Waals surface area contributed by atoms with Crippen LogP contribution in [-0.2, 0) is 10.0 Å². The molecule has 1 heterocycles. The molecule has 21 heavy (non-hydrogen) atoms. The third kappa shape index (κ3) is 4.91. The highest BCUT2D eigenvalue weighted by Gasteiger charge is 2.26. The van der Waals surface area contributed by atoms with Gasteiger partial charge in [-0.1, -0.05) is 18.5 Å². The zero-order chi connectivity index (χ0) is 15.5. The highest BCUT2D eigenvalue weighted by molar-refractivity contribution is 9.11. The highest BCUT2D eigenvalue weighted by Crippen LogP contribution is 2.35. The average molecular weight is 416 g/mol. The fourth-order valence-electron chi connectivity index (χ4n) is 2.50. The molecule has 0 bridgehead atoms. The van der Waals surface area contributed by atoms with Gasteiger partial charge in [0.15, 0.2) is 0 Å². The van der Waals surface area contributed by atoms with Crippen LogP contribution in [0.4, 0.5) is 0 Å². The number of rotatable bonds is 6. The van der Waals surface area contributed by atoms with E-state index in [4.69, 9.17) is 11.6 Å². The van der Waals surface area contributed by atoms with Crippen LogP contribution < -0.4 is 10.0 Å². The lowest BCUT2D eigenvalue weighted by molar-refractivity contribution is 0.330. The Bertz CT molecular complexity index is 549. The highest BCUT2D eigenvalue weighted by atomic mass is 79.9. The van der Waals surface area contributed by atoms with E-state index in [1.807, 2.05) is 0 Å². The van der Waals surface area contributed by atoms with E-state index in [0.717, 1.165) is 50.0 Å². The van der Waals surface area contributed by atoms with Crippen molar-refractivity contribution in [3.8, 4) is 0 Å². The molecule has 0 atom stereocenters. The van der Waals surface area contributed by atoms with Crippen LogP contribution in [0.2, 0.25) is 5.02 Å². The van der Waals surface area contributed by atoms with Crippen molar-refractivity contribution in [1.82, 2.24) is 10.0 Å². The first-order valence-electron chi connectivity index (χ1n) is 7.13. The van der Waals surface area contributed by atoms with Gasteiger partial charge in [0.1, 0.15) is 4.21 Å². The van der Waals surface area contributed by atoms with Gasteiger partial charge in [-0.2, -0.15) is 0 Å². The zero-order valence-electron chi connectivity index (χ0n) is 11.9. The van der Waals surface area contributed by atoms with Gasteiger partial charge in [-0.25, -0.2) is 13.1 Å². The van der Waals surface area contributed by atoms with Gasteiger partial charge >= 0.3 is 0 Å². The lowest BCUT2D eigenvalue weighted by atomic mass is 9.92. The summed E-state index contributed by atoms with van der Waals surface area (Å²) in [5.74, 6) is 0. The molecule has 0 radical (unpaired) electrons. The minimum atomic E-state index is -3.46. The molecule has 8 heteroatoms. The Morgan fingerprint density at radius 1 is 1.33 bits per heavy atom. The SMILES string of the molecule is CCCNC1CCC(NS(=O)(=O)c2cc(Cl)c(Br)s2)CC1. The standard InChI is InChI=1S/C13H20BrClN2O2S2/c1-2-7-16-9-3-5-10(6-4-9)17-21(18,19)12-8-11(15)13(14)20-12/h8-10,16-17H,2-7H2,1H3.